The van der Waals surface area contributed by atoms with E-state index in [0.29, 0.717) is 28.2 Å². The molecule has 0 saturated heterocycles. The van der Waals surface area contributed by atoms with E-state index in [1.54, 1.807) is 6.07 Å². The van der Waals surface area contributed by atoms with E-state index in [1.165, 1.54) is 5.56 Å². The van der Waals surface area contributed by atoms with Crippen LogP contribution in [0.15, 0.2) is 18.2 Å². The Bertz CT molecular complexity index is 449. The highest BCUT2D eigenvalue weighted by Gasteiger charge is 2.57. The molecule has 16 heavy (non-hydrogen) atoms. The van der Waals surface area contributed by atoms with Gasteiger partial charge in [-0.05, 0) is 47.9 Å². The van der Waals surface area contributed by atoms with Gasteiger partial charge in [-0.2, -0.15) is 0 Å². The molecule has 0 spiro atoms. The van der Waals surface area contributed by atoms with Crippen molar-refractivity contribution < 1.29 is 4.79 Å². The molecule has 0 bridgehead atoms. The first-order valence-electron chi connectivity index (χ1n) is 5.58. The zero-order valence-electron chi connectivity index (χ0n) is 8.80. The molecule has 3 heteroatoms. The van der Waals surface area contributed by atoms with Crippen LogP contribution < -0.4 is 0 Å². The second-order valence-corrected chi connectivity index (χ2v) is 5.83. The summed E-state index contributed by atoms with van der Waals surface area (Å²) in [5.74, 6) is 0.939. The number of Topliss-reactive ketones (excluding diaryl/α,β-unsaturated/α-hetero) is 1. The number of ketones is 1. The van der Waals surface area contributed by atoms with Gasteiger partial charge in [-0.3, -0.25) is 4.79 Å². The maximum absolute atomic E-state index is 11.4. The van der Waals surface area contributed by atoms with Gasteiger partial charge in [0.05, 0.1) is 0 Å². The van der Waals surface area contributed by atoms with Crippen molar-refractivity contribution in [2.45, 2.75) is 31.1 Å². The third kappa shape index (κ3) is 1.57. The van der Waals surface area contributed by atoms with Gasteiger partial charge in [0.25, 0.3) is 0 Å². The van der Waals surface area contributed by atoms with Crippen LogP contribution in [0.5, 0.6) is 0 Å². The van der Waals surface area contributed by atoms with Crippen molar-refractivity contribution >= 4 is 29.0 Å². The van der Waals surface area contributed by atoms with E-state index in [9.17, 15) is 4.79 Å². The average Bonchev–Trinajstić information content (AvgIpc) is 2.91. The molecule has 2 saturated carbocycles. The predicted octanol–water partition coefficient (Wildman–Crippen LogP) is 4.00. The Balaban J connectivity index is 1.96. The fourth-order valence-electron chi connectivity index (χ4n) is 3.03. The van der Waals surface area contributed by atoms with Gasteiger partial charge in [0, 0.05) is 22.9 Å². The first-order chi connectivity index (χ1) is 7.60. The fourth-order valence-corrected chi connectivity index (χ4v) is 3.56. The molecule has 2 fully saturated rings. The number of carbonyl (C=O) groups excluding carboxylic acids is 1. The lowest BCUT2D eigenvalue weighted by Crippen LogP contribution is -2.19. The van der Waals surface area contributed by atoms with Crippen molar-refractivity contribution in [3.8, 4) is 0 Å². The van der Waals surface area contributed by atoms with Crippen molar-refractivity contribution in [2.75, 3.05) is 0 Å². The number of fused-ring (bicyclic) bond motifs is 1. The Morgan fingerprint density at radius 1 is 1.19 bits per heavy atom. The fraction of sp³-hybridized carbons (Fsp3) is 0.462. The maximum atomic E-state index is 11.4. The highest BCUT2D eigenvalue weighted by molar-refractivity contribution is 6.34. The van der Waals surface area contributed by atoms with Crippen molar-refractivity contribution in [2.24, 2.45) is 5.92 Å². The number of halogens is 2. The molecule has 84 valence electrons. The molecule has 0 heterocycles. The molecular weight excluding hydrogens is 243 g/mol. The molecule has 0 N–H and O–H groups in total. The van der Waals surface area contributed by atoms with Crippen LogP contribution in [-0.4, -0.2) is 5.78 Å². The molecule has 2 atom stereocenters. The second kappa shape index (κ2) is 3.48. The van der Waals surface area contributed by atoms with Crippen molar-refractivity contribution in [3.63, 3.8) is 0 Å². The molecule has 0 aliphatic heterocycles. The molecule has 2 aliphatic carbocycles. The van der Waals surface area contributed by atoms with E-state index in [4.69, 9.17) is 23.2 Å². The summed E-state index contributed by atoms with van der Waals surface area (Å²) in [5, 5.41) is 1.39. The first kappa shape index (κ1) is 10.6. The summed E-state index contributed by atoms with van der Waals surface area (Å²) in [5.41, 5.74) is 1.44. The molecule has 1 aromatic rings. The molecule has 0 amide bonds. The summed E-state index contributed by atoms with van der Waals surface area (Å²) in [7, 11) is 0. The van der Waals surface area contributed by atoms with Gasteiger partial charge in [0.1, 0.15) is 5.78 Å². The van der Waals surface area contributed by atoms with E-state index in [2.05, 4.69) is 0 Å². The Kier molecular flexibility index (Phi) is 2.31. The standard InChI is InChI=1S/C13H12Cl2O/c14-10-3-8(4-11(15)6-10)13-2-1-12(16)5-9(13)7-13/h3-4,6,9H,1-2,5,7H2. The number of carbonyl (C=O) groups is 1. The SMILES string of the molecule is O=C1CCC2(c3cc(Cl)cc(Cl)c3)CC2C1. The molecule has 2 unspecified atom stereocenters. The molecular formula is C13H12Cl2O. The summed E-state index contributed by atoms with van der Waals surface area (Å²) >= 11 is 12.1. The third-order valence-corrected chi connectivity index (χ3v) is 4.43. The first-order valence-corrected chi connectivity index (χ1v) is 6.34. The summed E-state index contributed by atoms with van der Waals surface area (Å²) in [6, 6.07) is 5.76. The van der Waals surface area contributed by atoms with E-state index >= 15 is 0 Å². The lowest BCUT2D eigenvalue weighted by Gasteiger charge is -2.22. The number of rotatable bonds is 1. The lowest BCUT2D eigenvalue weighted by molar-refractivity contribution is -0.120. The Labute approximate surface area is 105 Å². The molecule has 1 aromatic carbocycles. The summed E-state index contributed by atoms with van der Waals surface area (Å²) in [4.78, 5) is 11.4. The number of benzene rings is 1. The molecule has 0 radical (unpaired) electrons. The van der Waals surface area contributed by atoms with Crippen molar-refractivity contribution in [1.82, 2.24) is 0 Å². The van der Waals surface area contributed by atoms with E-state index in [-0.39, 0.29) is 5.41 Å². The number of hydrogen-bond acceptors (Lipinski definition) is 1. The highest BCUT2D eigenvalue weighted by Crippen LogP contribution is 2.62. The van der Waals surface area contributed by atoms with Gasteiger partial charge in [0.15, 0.2) is 0 Å². The Morgan fingerprint density at radius 3 is 2.50 bits per heavy atom. The summed E-state index contributed by atoms with van der Waals surface area (Å²) in [6.45, 7) is 0. The second-order valence-electron chi connectivity index (χ2n) is 4.96. The van der Waals surface area contributed by atoms with Crippen LogP contribution in [0, 0.1) is 5.92 Å². The highest BCUT2D eigenvalue weighted by atomic mass is 35.5. The zero-order chi connectivity index (χ0) is 11.3. The van der Waals surface area contributed by atoms with Crippen LogP contribution in [0.2, 0.25) is 10.0 Å². The third-order valence-electron chi connectivity index (χ3n) is 3.99. The largest absolute Gasteiger partial charge is 0.300 e. The minimum absolute atomic E-state index is 0.211. The van der Waals surface area contributed by atoms with Crippen LogP contribution in [0.1, 0.15) is 31.2 Å². The van der Waals surface area contributed by atoms with Crippen molar-refractivity contribution in [3.05, 3.63) is 33.8 Å². The average molecular weight is 255 g/mol. The Hall–Kier alpha value is -0.530. The van der Waals surface area contributed by atoms with Gasteiger partial charge in [-0.15, -0.1) is 0 Å². The smallest absolute Gasteiger partial charge is 0.133 e. The van der Waals surface area contributed by atoms with Gasteiger partial charge in [0.2, 0.25) is 0 Å². The van der Waals surface area contributed by atoms with Gasteiger partial charge in [-0.1, -0.05) is 23.2 Å². The molecule has 3 rings (SSSR count). The minimum Gasteiger partial charge on any atom is -0.300 e. The minimum atomic E-state index is 0.211. The molecule has 1 nitrogen and oxygen atoms in total. The van der Waals surface area contributed by atoms with Crippen LogP contribution in [0.4, 0.5) is 0 Å². The van der Waals surface area contributed by atoms with Gasteiger partial charge >= 0.3 is 0 Å². The van der Waals surface area contributed by atoms with Crippen LogP contribution in [0.3, 0.4) is 0 Å². The van der Waals surface area contributed by atoms with Gasteiger partial charge in [-0.25, -0.2) is 0 Å². The lowest BCUT2D eigenvalue weighted by atomic mass is 9.82. The van der Waals surface area contributed by atoms with Crippen molar-refractivity contribution in [1.29, 1.82) is 0 Å². The van der Waals surface area contributed by atoms with Crippen LogP contribution in [-0.2, 0) is 10.2 Å². The summed E-state index contributed by atoms with van der Waals surface area (Å²) < 4.78 is 0. The molecule has 0 aromatic heterocycles. The molecule has 2 aliphatic rings. The Morgan fingerprint density at radius 2 is 1.88 bits per heavy atom. The monoisotopic (exact) mass is 254 g/mol. The van der Waals surface area contributed by atoms with Gasteiger partial charge < -0.3 is 0 Å². The quantitative estimate of drug-likeness (QED) is 0.741. The van der Waals surface area contributed by atoms with Crippen LogP contribution in [0.25, 0.3) is 0 Å². The van der Waals surface area contributed by atoms with E-state index in [0.717, 1.165) is 19.3 Å². The normalized spacial score (nSPS) is 32.4. The van der Waals surface area contributed by atoms with Crippen LogP contribution >= 0.6 is 23.2 Å². The summed E-state index contributed by atoms with van der Waals surface area (Å²) in [6.07, 6.45) is 3.54. The maximum Gasteiger partial charge on any atom is 0.133 e. The predicted molar refractivity (Wildman–Crippen MR) is 65.1 cm³/mol. The topological polar surface area (TPSA) is 17.1 Å². The zero-order valence-corrected chi connectivity index (χ0v) is 10.3. The van der Waals surface area contributed by atoms with E-state index in [1.807, 2.05) is 12.1 Å². The van der Waals surface area contributed by atoms with E-state index < -0.39 is 0 Å². The number of hydrogen-bond donors (Lipinski definition) is 0.